The van der Waals surface area contributed by atoms with Crippen LogP contribution < -0.4 is 14.4 Å². The van der Waals surface area contributed by atoms with E-state index in [-0.39, 0.29) is 41.0 Å². The van der Waals surface area contributed by atoms with Gasteiger partial charge in [-0.25, -0.2) is 4.98 Å². The largest absolute Gasteiger partial charge is 0.508 e. The lowest BCUT2D eigenvalue weighted by atomic mass is 9.58. The Kier molecular flexibility index (Phi) is 9.60. The van der Waals surface area contributed by atoms with Crippen molar-refractivity contribution in [1.82, 2.24) is 15.0 Å². The van der Waals surface area contributed by atoms with Crippen LogP contribution in [0.15, 0.2) is 82.7 Å². The molecule has 0 saturated carbocycles. The minimum atomic E-state index is -2.86. The molecule has 2 aromatic carbocycles. The predicted molar refractivity (Wildman–Crippen MR) is 208 cm³/mol. The number of nitrogens with zero attached hydrogens (tertiary/aromatic N) is 4. The van der Waals surface area contributed by atoms with E-state index >= 15 is 9.59 Å². The van der Waals surface area contributed by atoms with E-state index in [0.29, 0.717) is 35.7 Å². The normalized spacial score (nSPS) is 22.4. The molecule has 0 radical (unpaired) electrons. The number of pyridine rings is 1. The molecular weight excluding hydrogens is 701 g/mol. The number of allylic oxidation sites excluding steroid dienone is 1. The first kappa shape index (κ1) is 37.5. The maximum atomic E-state index is 15.5. The molecule has 0 fully saturated rings. The maximum Gasteiger partial charge on any atom is 0.265 e. The summed E-state index contributed by atoms with van der Waals surface area (Å²) in [5, 5.41) is 16.9. The van der Waals surface area contributed by atoms with E-state index in [9.17, 15) is 5.11 Å². The molecule has 4 aromatic rings. The van der Waals surface area contributed by atoms with E-state index in [1.165, 1.54) is 0 Å². The molecule has 0 spiro atoms. The Morgan fingerprint density at radius 1 is 0.926 bits per heavy atom. The van der Waals surface area contributed by atoms with Crippen molar-refractivity contribution in [3.05, 3.63) is 112 Å². The summed E-state index contributed by atoms with van der Waals surface area (Å²) < 4.78 is 25.8. The summed E-state index contributed by atoms with van der Waals surface area (Å²) in [4.78, 5) is 39.2. The molecule has 11 nitrogen and oxygen atoms in total. The summed E-state index contributed by atoms with van der Waals surface area (Å²) in [6.07, 6.45) is 2.34. The van der Waals surface area contributed by atoms with Crippen LogP contribution in [0.2, 0.25) is 18.1 Å². The lowest BCUT2D eigenvalue weighted by Gasteiger charge is -2.55. The van der Waals surface area contributed by atoms with Crippen molar-refractivity contribution in [3.8, 4) is 11.6 Å². The van der Waals surface area contributed by atoms with Crippen LogP contribution in [-0.4, -0.2) is 73.8 Å². The summed E-state index contributed by atoms with van der Waals surface area (Å²) >= 11 is 0. The Bertz CT molecular complexity index is 2110. The number of fused-ring (bicyclic) bond motifs is 4. The van der Waals surface area contributed by atoms with Crippen LogP contribution in [0, 0.1) is 11.8 Å². The fraction of sp³-hybridized carbons (Fsp3) is 0.429. The molecule has 12 heteroatoms. The van der Waals surface area contributed by atoms with Gasteiger partial charge in [0.1, 0.15) is 36.1 Å². The second-order valence-corrected chi connectivity index (χ2v) is 21.4. The highest BCUT2D eigenvalue weighted by Crippen LogP contribution is 2.60. The lowest BCUT2D eigenvalue weighted by Crippen LogP contribution is -2.65. The summed E-state index contributed by atoms with van der Waals surface area (Å²) in [7, 11) is 4.75. The van der Waals surface area contributed by atoms with E-state index in [4.69, 9.17) is 23.4 Å². The van der Waals surface area contributed by atoms with Gasteiger partial charge in [-0.3, -0.25) is 14.5 Å². The lowest BCUT2D eigenvalue weighted by molar-refractivity contribution is -0.0480. The smallest absolute Gasteiger partial charge is 0.265 e. The number of carbonyl (C=O) groups excluding carboxylic acids is 2. The average molecular weight is 751 g/mol. The summed E-state index contributed by atoms with van der Waals surface area (Å²) in [6, 6.07) is 18.8. The summed E-state index contributed by atoms with van der Waals surface area (Å²) in [6.45, 7) is 10.8. The molecule has 0 bridgehead atoms. The first-order valence-corrected chi connectivity index (χ1v) is 21.4. The fourth-order valence-corrected chi connectivity index (χ4v) is 9.50. The van der Waals surface area contributed by atoms with Crippen LogP contribution in [0.3, 0.4) is 0 Å². The van der Waals surface area contributed by atoms with E-state index in [0.717, 1.165) is 16.7 Å². The van der Waals surface area contributed by atoms with Crippen molar-refractivity contribution in [2.75, 3.05) is 33.1 Å². The van der Waals surface area contributed by atoms with Crippen LogP contribution in [0.5, 0.6) is 11.6 Å². The van der Waals surface area contributed by atoms with Crippen molar-refractivity contribution in [3.63, 3.8) is 0 Å². The van der Waals surface area contributed by atoms with Crippen LogP contribution in [0.4, 0.5) is 5.82 Å². The number of hydrogen-bond acceptors (Lipinski definition) is 11. The van der Waals surface area contributed by atoms with Crippen LogP contribution in [-0.2, 0) is 24.1 Å². The third kappa shape index (κ3) is 6.13. The number of rotatable bonds is 10. The highest BCUT2D eigenvalue weighted by atomic mass is 28.4. The molecule has 7 rings (SSSR count). The zero-order valence-electron chi connectivity index (χ0n) is 32.6. The molecule has 284 valence electrons. The zero-order valence-corrected chi connectivity index (χ0v) is 33.6. The molecule has 3 aliphatic rings. The molecular formula is C42H50N4O7Si. The van der Waals surface area contributed by atoms with Crippen molar-refractivity contribution < 1.29 is 33.1 Å². The van der Waals surface area contributed by atoms with E-state index in [2.05, 4.69) is 39.0 Å². The van der Waals surface area contributed by atoms with Crippen molar-refractivity contribution >= 4 is 25.7 Å². The minimum absolute atomic E-state index is 0.0286. The molecule has 0 unspecified atom stereocenters. The Morgan fingerprint density at radius 2 is 1.54 bits per heavy atom. The Balaban J connectivity index is 1.42. The van der Waals surface area contributed by atoms with Gasteiger partial charge in [0.2, 0.25) is 5.78 Å². The summed E-state index contributed by atoms with van der Waals surface area (Å²) in [5.74, 6) is -0.962. The molecule has 0 aliphatic heterocycles. The quantitative estimate of drug-likeness (QED) is 0.160. The molecule has 0 saturated heterocycles. The standard InChI is InChI=1S/C42H50N4O7Si/c1-41(2,3)54(8,9)53-42-29(34(45(4)5)36-33(38(42)49)40(44-52-36)51-24-26-18-14-11-15-19-26)21-27-20-28-32(35(47)31(27)37(42)48)30(22-43-39(28)46(6)7)50-23-25-16-12-10-13-17-25/h10-19,22,27,29,34,48H,20-21,23-24H2,1-9H3/t27-,29-,34-,42-/m0/s1. The Hall–Kier alpha value is -4.78. The molecule has 54 heavy (non-hydrogen) atoms. The van der Waals surface area contributed by atoms with Gasteiger partial charge in [-0.1, -0.05) is 81.4 Å². The van der Waals surface area contributed by atoms with Crippen LogP contribution in [0.1, 0.15) is 76.4 Å². The second kappa shape index (κ2) is 13.8. The maximum absolute atomic E-state index is 15.5. The number of ether oxygens (including phenoxy) is 2. The van der Waals surface area contributed by atoms with Crippen molar-refractivity contribution in [1.29, 1.82) is 0 Å². The second-order valence-electron chi connectivity index (χ2n) is 16.6. The number of hydrogen-bond donors (Lipinski definition) is 1. The van der Waals surface area contributed by atoms with Crippen LogP contribution >= 0.6 is 0 Å². The van der Waals surface area contributed by atoms with Gasteiger partial charge in [-0.05, 0) is 67.3 Å². The Labute approximate surface area is 318 Å². The van der Waals surface area contributed by atoms with Gasteiger partial charge in [0, 0.05) is 31.1 Å². The van der Waals surface area contributed by atoms with Crippen molar-refractivity contribution in [2.24, 2.45) is 11.8 Å². The molecule has 1 N–H and O–H groups in total. The molecule has 2 aromatic heterocycles. The SMILES string of the molecule is CN(C)c1ncc(OCc2ccccc2)c2c1C[C@H]1C[C@H]3[C@H](N(C)C)c4onc(OCc5ccccc5)c4C(=O)[C@@]3(O[Si](C)(C)C(C)(C)C)C(O)=C1C2=O. The fourth-order valence-electron chi connectivity index (χ4n) is 8.05. The molecule has 4 atom stereocenters. The van der Waals surface area contributed by atoms with E-state index in [1.807, 2.05) is 98.7 Å². The number of ketones is 2. The number of anilines is 1. The van der Waals surface area contributed by atoms with Gasteiger partial charge in [0.25, 0.3) is 5.88 Å². The first-order chi connectivity index (χ1) is 25.6. The number of benzene rings is 2. The van der Waals surface area contributed by atoms with Gasteiger partial charge >= 0.3 is 0 Å². The molecule has 3 aliphatic carbocycles. The number of carbonyl (C=O) groups is 2. The van der Waals surface area contributed by atoms with Gasteiger partial charge < -0.3 is 28.4 Å². The van der Waals surface area contributed by atoms with Crippen molar-refractivity contribution in [2.45, 2.75) is 76.6 Å². The van der Waals surface area contributed by atoms with Gasteiger partial charge in [-0.15, -0.1) is 0 Å². The predicted octanol–water partition coefficient (Wildman–Crippen LogP) is 7.74. The number of aliphatic hydroxyl groups excluding tert-OH is 1. The minimum Gasteiger partial charge on any atom is -0.508 e. The Morgan fingerprint density at radius 3 is 2.11 bits per heavy atom. The van der Waals surface area contributed by atoms with E-state index in [1.54, 1.807) is 6.20 Å². The van der Waals surface area contributed by atoms with Gasteiger partial charge in [0.15, 0.2) is 25.5 Å². The number of aliphatic hydroxyl groups is 1. The number of aromatic nitrogens is 2. The zero-order chi connectivity index (χ0) is 38.7. The van der Waals surface area contributed by atoms with E-state index < -0.39 is 43.4 Å². The third-order valence-corrected chi connectivity index (χ3v) is 16.1. The topological polar surface area (TPSA) is 127 Å². The van der Waals surface area contributed by atoms with Gasteiger partial charge in [0.05, 0.1) is 17.8 Å². The molecule has 0 amide bonds. The van der Waals surface area contributed by atoms with Gasteiger partial charge in [-0.2, -0.15) is 0 Å². The first-order valence-electron chi connectivity index (χ1n) is 18.5. The average Bonchev–Trinajstić information content (AvgIpc) is 3.54. The molecule has 2 heterocycles. The van der Waals surface area contributed by atoms with Crippen LogP contribution in [0.25, 0.3) is 0 Å². The summed E-state index contributed by atoms with van der Waals surface area (Å²) in [5.41, 5.74) is 1.30. The highest BCUT2D eigenvalue weighted by Gasteiger charge is 2.67. The highest BCUT2D eigenvalue weighted by molar-refractivity contribution is 6.74. The third-order valence-electron chi connectivity index (χ3n) is 11.7. The monoisotopic (exact) mass is 750 g/mol. The number of Topliss-reactive ketones (excluding diaryl/α,β-unsaturated/α-hetero) is 2.